The van der Waals surface area contributed by atoms with Gasteiger partial charge in [-0.1, -0.05) is 89.4 Å². The monoisotopic (exact) mass is 616 g/mol. The van der Waals surface area contributed by atoms with Gasteiger partial charge in [0.2, 0.25) is 0 Å². The Morgan fingerprint density at radius 1 is 0.735 bits per heavy atom. The third kappa shape index (κ3) is 16.1. The minimum absolute atomic E-state index is 0.297. The number of ketones is 2. The fourth-order valence-corrected chi connectivity index (χ4v) is 6.81. The van der Waals surface area contributed by atoms with Crippen LogP contribution in [0.2, 0.25) is 0 Å². The van der Waals surface area contributed by atoms with Crippen molar-refractivity contribution in [1.29, 1.82) is 0 Å². The Morgan fingerprint density at radius 2 is 1.26 bits per heavy atom. The van der Waals surface area contributed by atoms with Crippen LogP contribution in [-0.2, 0) is 70.4 Å². The third-order valence-corrected chi connectivity index (χ3v) is 10.6. The first-order valence-electron chi connectivity index (χ1n) is 11.5. The van der Waals surface area contributed by atoms with Gasteiger partial charge in [0.1, 0.15) is 11.6 Å². The van der Waals surface area contributed by atoms with Crippen molar-refractivity contribution in [2.45, 2.75) is 69.5 Å². The van der Waals surface area contributed by atoms with Crippen LogP contribution in [0.5, 0.6) is 0 Å². The molecule has 1 atom stereocenters. The molecular formula is C26H33BrO2S5. The van der Waals surface area contributed by atoms with Crippen LogP contribution in [-0.4, -0.2) is 11.6 Å². The van der Waals surface area contributed by atoms with Gasteiger partial charge >= 0.3 is 0 Å². The van der Waals surface area contributed by atoms with Crippen molar-refractivity contribution in [2.75, 3.05) is 0 Å². The topological polar surface area (TPSA) is 34.1 Å². The van der Waals surface area contributed by atoms with Gasteiger partial charge in [-0.05, 0) is 43.2 Å². The summed E-state index contributed by atoms with van der Waals surface area (Å²) in [5.74, 6) is 1.23. The van der Waals surface area contributed by atoms with E-state index in [4.69, 9.17) is 0 Å². The summed E-state index contributed by atoms with van der Waals surface area (Å²) in [6.45, 7) is 0. The Hall–Kier alpha value is -0.640. The fourth-order valence-electron chi connectivity index (χ4n) is 3.69. The largest absolute Gasteiger partial charge is 0.300 e. The Labute approximate surface area is 231 Å². The zero-order valence-corrected chi connectivity index (χ0v) is 25.0. The summed E-state index contributed by atoms with van der Waals surface area (Å²) in [5.41, 5.74) is 2.63. The molecule has 4 rings (SSSR count). The van der Waals surface area contributed by atoms with Gasteiger partial charge in [0, 0.05) is 79.5 Å². The van der Waals surface area contributed by atoms with Crippen molar-refractivity contribution in [1.82, 2.24) is 0 Å². The summed E-state index contributed by atoms with van der Waals surface area (Å²) in [7, 11) is 3.95. The van der Waals surface area contributed by atoms with E-state index in [1.165, 1.54) is 50.6 Å². The highest BCUT2D eigenvalue weighted by Gasteiger charge is 2.21. The van der Waals surface area contributed by atoms with Crippen molar-refractivity contribution >= 4 is 76.5 Å². The van der Waals surface area contributed by atoms with E-state index < -0.39 is 0 Å². The molecule has 0 aliphatic heterocycles. The maximum Gasteiger partial charge on any atom is 0.136 e. The lowest BCUT2D eigenvalue weighted by Gasteiger charge is -2.20. The minimum atomic E-state index is 0.297. The molecule has 2 aromatic carbocycles. The molecular weight excluding hydrogens is 585 g/mol. The molecule has 0 amide bonds. The van der Waals surface area contributed by atoms with E-state index in [2.05, 4.69) is 62.6 Å². The average Bonchev–Trinajstić information content (AvgIpc) is 2.89. The Balaban J connectivity index is 0.000000247. The summed E-state index contributed by atoms with van der Waals surface area (Å²) >= 11 is 12.2. The lowest BCUT2D eigenvalue weighted by atomic mass is 9.84. The quantitative estimate of drug-likeness (QED) is 0.345. The number of halogens is 1. The van der Waals surface area contributed by atoms with Gasteiger partial charge in [-0.2, -0.15) is 0 Å². The molecule has 186 valence electrons. The van der Waals surface area contributed by atoms with E-state index in [9.17, 15) is 9.59 Å². The molecule has 0 N–H and O–H groups in total. The molecule has 8 heteroatoms. The molecule has 0 heterocycles. The minimum Gasteiger partial charge on any atom is -0.300 e. The normalized spacial score (nSPS) is 16.8. The summed E-state index contributed by atoms with van der Waals surface area (Å²) < 4.78 is 0. The molecule has 0 aromatic heterocycles. The van der Waals surface area contributed by atoms with Crippen molar-refractivity contribution in [3.8, 4) is 0 Å². The van der Waals surface area contributed by atoms with Crippen molar-refractivity contribution < 1.29 is 9.59 Å². The third-order valence-electron chi connectivity index (χ3n) is 5.47. The molecule has 0 spiro atoms. The smallest absolute Gasteiger partial charge is 0.136 e. The average molecular weight is 618 g/mol. The van der Waals surface area contributed by atoms with Crippen LogP contribution in [0.1, 0.15) is 68.9 Å². The second-order valence-electron chi connectivity index (χ2n) is 8.02. The number of hydrogen-bond acceptors (Lipinski definition) is 4. The molecule has 2 nitrogen and oxygen atoms in total. The van der Waals surface area contributed by atoms with Gasteiger partial charge in [0.25, 0.3) is 0 Å². The summed E-state index contributed by atoms with van der Waals surface area (Å²) in [6, 6.07) is 20.6. The first-order valence-corrected chi connectivity index (χ1v) is 18.0. The molecule has 2 saturated carbocycles. The Morgan fingerprint density at radius 3 is 1.65 bits per heavy atom. The van der Waals surface area contributed by atoms with Crippen LogP contribution < -0.4 is 0 Å². The maximum atomic E-state index is 11.6. The van der Waals surface area contributed by atoms with Gasteiger partial charge in [0.15, 0.2) is 0 Å². The predicted molar refractivity (Wildman–Crippen MR) is 161 cm³/mol. The number of alkyl halides is 1. The highest BCUT2D eigenvalue weighted by molar-refractivity contribution is 9.08. The SMILES string of the molecule is BrCc1ccccc1.O=C1CCCCC1.O=C1CCCCC1Cc1ccccc1.S=S=S=S=S. The lowest BCUT2D eigenvalue weighted by molar-refractivity contribution is -0.124. The van der Waals surface area contributed by atoms with Crippen molar-refractivity contribution in [2.24, 2.45) is 5.92 Å². The second-order valence-corrected chi connectivity index (χ2v) is 13.9. The number of benzene rings is 2. The predicted octanol–water partition coefficient (Wildman–Crippen LogP) is 7.08. The molecule has 2 aromatic rings. The van der Waals surface area contributed by atoms with Crippen molar-refractivity contribution in [3.63, 3.8) is 0 Å². The van der Waals surface area contributed by atoms with E-state index in [1.54, 1.807) is 0 Å². The first kappa shape index (κ1) is 31.4. The van der Waals surface area contributed by atoms with Crippen LogP contribution >= 0.6 is 15.9 Å². The number of carbonyl (C=O) groups excluding carboxylic acids is 2. The summed E-state index contributed by atoms with van der Waals surface area (Å²) in [4.78, 5) is 22.1. The maximum absolute atomic E-state index is 11.6. The van der Waals surface area contributed by atoms with Crippen LogP contribution in [0, 0.1) is 5.92 Å². The zero-order chi connectivity index (χ0) is 24.9. The first-order chi connectivity index (χ1) is 16.6. The number of Topliss-reactive ketones (excluding diaryl/α,β-unsaturated/α-hetero) is 2. The van der Waals surface area contributed by atoms with Gasteiger partial charge in [-0.15, -0.1) is 0 Å². The van der Waals surface area contributed by atoms with Gasteiger partial charge in [0.05, 0.1) is 0 Å². The van der Waals surface area contributed by atoms with E-state index in [0.717, 1.165) is 56.7 Å². The molecule has 0 radical (unpaired) electrons. The van der Waals surface area contributed by atoms with Crippen LogP contribution in [0.15, 0.2) is 60.7 Å². The summed E-state index contributed by atoms with van der Waals surface area (Å²) in [5, 5.41) is 0.952. The Bertz CT molecular complexity index is 932. The molecule has 2 aliphatic carbocycles. The van der Waals surface area contributed by atoms with Crippen LogP contribution in [0.25, 0.3) is 0 Å². The summed E-state index contributed by atoms with van der Waals surface area (Å²) in [6.07, 6.45) is 10.4. The van der Waals surface area contributed by atoms with Gasteiger partial charge in [-0.25, -0.2) is 0 Å². The number of carbonyl (C=O) groups is 2. The van der Waals surface area contributed by atoms with E-state index in [0.29, 0.717) is 17.5 Å². The van der Waals surface area contributed by atoms with Gasteiger partial charge in [-0.3, -0.25) is 9.59 Å². The fraction of sp³-hybridized carbons (Fsp3) is 0.462. The lowest BCUT2D eigenvalue weighted by Crippen LogP contribution is -2.20. The second kappa shape index (κ2) is 21.6. The van der Waals surface area contributed by atoms with Crippen LogP contribution in [0.4, 0.5) is 0 Å². The van der Waals surface area contributed by atoms with E-state index in [-0.39, 0.29) is 0 Å². The molecule has 0 saturated heterocycles. The van der Waals surface area contributed by atoms with E-state index in [1.807, 2.05) is 36.4 Å². The number of hydrogen-bond donors (Lipinski definition) is 0. The molecule has 1 unspecified atom stereocenters. The van der Waals surface area contributed by atoms with Crippen LogP contribution in [0.3, 0.4) is 0 Å². The zero-order valence-electron chi connectivity index (χ0n) is 19.4. The highest BCUT2D eigenvalue weighted by Crippen LogP contribution is 2.23. The molecule has 2 aliphatic rings. The molecule has 2 fully saturated rings. The number of rotatable bonds is 3. The van der Waals surface area contributed by atoms with Gasteiger partial charge < -0.3 is 0 Å². The molecule has 34 heavy (non-hydrogen) atoms. The standard InChI is InChI=1S/C13H16O.C7H7Br.C6H10O.S5/c14-13-9-5-4-8-12(13)10-11-6-2-1-3-7-11;8-6-7-4-2-1-3-5-7;7-6-4-2-1-3-5-6;1-3-5-4-2/h1-3,6-7,12H,4-5,8-10H2;1-5H,6H2;1-5H2;. The molecule has 0 bridgehead atoms. The highest BCUT2D eigenvalue weighted by atomic mass is 79.9. The Kier molecular flexibility index (Phi) is 20.0. The van der Waals surface area contributed by atoms with Crippen molar-refractivity contribution in [3.05, 3.63) is 71.8 Å². The van der Waals surface area contributed by atoms with E-state index >= 15 is 0 Å².